The molecule has 2 fully saturated rings. The minimum Gasteiger partial charge on any atom is -0.375 e. The first-order chi connectivity index (χ1) is 9.19. The van der Waals surface area contributed by atoms with Crippen molar-refractivity contribution in [1.82, 2.24) is 0 Å². The van der Waals surface area contributed by atoms with E-state index < -0.39 is 0 Å². The van der Waals surface area contributed by atoms with Gasteiger partial charge in [-0.15, -0.1) is 0 Å². The monoisotopic (exact) mass is 257 g/mol. The van der Waals surface area contributed by atoms with Crippen molar-refractivity contribution < 1.29 is 9.53 Å². The lowest BCUT2D eigenvalue weighted by molar-refractivity contribution is -0.117. The van der Waals surface area contributed by atoms with Crippen molar-refractivity contribution in [3.63, 3.8) is 0 Å². The summed E-state index contributed by atoms with van der Waals surface area (Å²) in [4.78, 5) is 14.3. The molecule has 1 amide bonds. The molecule has 4 rings (SSSR count). The minimum absolute atomic E-state index is 0.0971. The van der Waals surface area contributed by atoms with Crippen LogP contribution in [-0.2, 0) is 9.53 Å². The highest BCUT2D eigenvalue weighted by molar-refractivity contribution is 5.97. The molecule has 0 bridgehead atoms. The number of para-hydroxylation sites is 1. The van der Waals surface area contributed by atoms with Crippen LogP contribution in [0.4, 0.5) is 5.69 Å². The lowest BCUT2D eigenvalue weighted by atomic mass is 9.80. The van der Waals surface area contributed by atoms with Crippen LogP contribution in [0.5, 0.6) is 0 Å². The summed E-state index contributed by atoms with van der Waals surface area (Å²) in [7, 11) is 0. The number of rotatable bonds is 0. The van der Waals surface area contributed by atoms with E-state index in [2.05, 4.69) is 25.1 Å². The molecule has 100 valence electrons. The van der Waals surface area contributed by atoms with E-state index >= 15 is 0 Å². The number of fused-ring (bicyclic) bond motifs is 5. The molecule has 0 unspecified atom stereocenters. The molecule has 1 aromatic rings. The van der Waals surface area contributed by atoms with Gasteiger partial charge in [-0.25, -0.2) is 0 Å². The van der Waals surface area contributed by atoms with Gasteiger partial charge in [0.05, 0.1) is 5.60 Å². The number of ether oxygens (including phenoxy) is 1. The van der Waals surface area contributed by atoms with Crippen molar-refractivity contribution in [3.8, 4) is 0 Å². The second-order valence-corrected chi connectivity index (χ2v) is 6.22. The summed E-state index contributed by atoms with van der Waals surface area (Å²) in [6.45, 7) is 3.07. The van der Waals surface area contributed by atoms with E-state index in [-0.39, 0.29) is 11.5 Å². The number of amides is 1. The fraction of sp³-hybridized carbons (Fsp3) is 0.562. The Balaban J connectivity index is 1.92. The minimum atomic E-state index is -0.0971. The maximum atomic E-state index is 12.2. The molecule has 0 saturated carbocycles. The van der Waals surface area contributed by atoms with Crippen LogP contribution in [0.15, 0.2) is 24.3 Å². The first kappa shape index (κ1) is 11.5. The molecule has 19 heavy (non-hydrogen) atoms. The van der Waals surface area contributed by atoms with Crippen molar-refractivity contribution in [2.75, 3.05) is 11.5 Å². The van der Waals surface area contributed by atoms with Crippen LogP contribution >= 0.6 is 0 Å². The van der Waals surface area contributed by atoms with Gasteiger partial charge >= 0.3 is 0 Å². The lowest BCUT2D eigenvalue weighted by Crippen LogP contribution is -2.38. The Kier molecular flexibility index (Phi) is 2.31. The van der Waals surface area contributed by atoms with Crippen LogP contribution in [0.1, 0.15) is 44.1 Å². The molecular formula is C16H19NO2. The Hall–Kier alpha value is -1.35. The van der Waals surface area contributed by atoms with Gasteiger partial charge in [0.25, 0.3) is 0 Å². The summed E-state index contributed by atoms with van der Waals surface area (Å²) >= 11 is 0. The van der Waals surface area contributed by atoms with Crippen LogP contribution in [0.2, 0.25) is 0 Å². The Morgan fingerprint density at radius 2 is 2.16 bits per heavy atom. The summed E-state index contributed by atoms with van der Waals surface area (Å²) in [5.41, 5.74) is 2.34. The molecular weight excluding hydrogens is 238 g/mol. The molecule has 2 saturated heterocycles. The normalized spacial score (nSPS) is 36.7. The van der Waals surface area contributed by atoms with Crippen LogP contribution < -0.4 is 4.90 Å². The smallest absolute Gasteiger partial charge is 0.227 e. The molecule has 3 aliphatic heterocycles. The number of anilines is 1. The van der Waals surface area contributed by atoms with Crippen LogP contribution in [0, 0.1) is 0 Å². The highest BCUT2D eigenvalue weighted by atomic mass is 16.5. The summed E-state index contributed by atoms with van der Waals surface area (Å²) in [6, 6.07) is 8.73. The van der Waals surface area contributed by atoms with Crippen LogP contribution in [-0.4, -0.2) is 24.2 Å². The summed E-state index contributed by atoms with van der Waals surface area (Å²) in [5, 5.41) is 0. The summed E-state index contributed by atoms with van der Waals surface area (Å²) in [6.07, 6.45) is 3.69. The van der Waals surface area contributed by atoms with E-state index in [1.165, 1.54) is 5.56 Å². The molecule has 3 nitrogen and oxygen atoms in total. The zero-order valence-electron chi connectivity index (χ0n) is 11.3. The van der Waals surface area contributed by atoms with Crippen molar-refractivity contribution in [3.05, 3.63) is 29.8 Å². The average molecular weight is 257 g/mol. The van der Waals surface area contributed by atoms with Gasteiger partial charge in [0, 0.05) is 30.7 Å². The topological polar surface area (TPSA) is 29.5 Å². The third-order valence-electron chi connectivity index (χ3n) is 5.11. The van der Waals surface area contributed by atoms with Crippen LogP contribution in [0.25, 0.3) is 0 Å². The van der Waals surface area contributed by atoms with E-state index in [1.54, 1.807) is 0 Å². The zero-order chi connectivity index (χ0) is 13.0. The van der Waals surface area contributed by atoms with E-state index in [1.807, 2.05) is 11.0 Å². The second-order valence-electron chi connectivity index (χ2n) is 6.22. The standard InChI is InChI=1S/C16H19NO2/c1-16-10-11-6-7-15(18)17(11)14-5-3-2-4-12(14)13(16)8-9-19-16/h2-5,11,13H,6-10H2,1H3/t11-,13-,16+/m0/s1. The maximum absolute atomic E-state index is 12.2. The van der Waals surface area contributed by atoms with Crippen molar-refractivity contribution in [2.45, 2.75) is 50.2 Å². The van der Waals surface area contributed by atoms with E-state index in [0.717, 1.165) is 31.6 Å². The second kappa shape index (κ2) is 3.83. The number of carbonyl (C=O) groups excluding carboxylic acids is 1. The molecule has 1 aromatic carbocycles. The van der Waals surface area contributed by atoms with Gasteiger partial charge in [0.2, 0.25) is 5.91 Å². The zero-order valence-corrected chi connectivity index (χ0v) is 11.3. The van der Waals surface area contributed by atoms with Crippen molar-refractivity contribution in [2.24, 2.45) is 0 Å². The molecule has 0 radical (unpaired) electrons. The van der Waals surface area contributed by atoms with E-state index in [0.29, 0.717) is 18.4 Å². The molecule has 3 aliphatic rings. The first-order valence-corrected chi connectivity index (χ1v) is 7.24. The summed E-state index contributed by atoms with van der Waals surface area (Å²) < 4.78 is 6.09. The predicted octanol–water partition coefficient (Wildman–Crippen LogP) is 2.85. The van der Waals surface area contributed by atoms with Gasteiger partial charge in [0.1, 0.15) is 0 Å². The Bertz CT molecular complexity index is 541. The Morgan fingerprint density at radius 1 is 1.32 bits per heavy atom. The third kappa shape index (κ3) is 1.51. The van der Waals surface area contributed by atoms with Crippen molar-refractivity contribution >= 4 is 11.6 Å². The third-order valence-corrected chi connectivity index (χ3v) is 5.11. The fourth-order valence-electron chi connectivity index (χ4n) is 4.24. The molecule has 3 heterocycles. The lowest BCUT2D eigenvalue weighted by Gasteiger charge is -2.31. The highest BCUT2D eigenvalue weighted by Crippen LogP contribution is 2.51. The van der Waals surface area contributed by atoms with Gasteiger partial charge in [-0.1, -0.05) is 18.2 Å². The maximum Gasteiger partial charge on any atom is 0.227 e. The molecule has 3 heteroatoms. The van der Waals surface area contributed by atoms with E-state index in [9.17, 15) is 4.79 Å². The molecule has 3 atom stereocenters. The highest BCUT2D eigenvalue weighted by Gasteiger charge is 2.49. The van der Waals surface area contributed by atoms with Gasteiger partial charge in [0.15, 0.2) is 0 Å². The molecule has 0 N–H and O–H groups in total. The number of nitrogens with zero attached hydrogens (tertiary/aromatic N) is 1. The largest absolute Gasteiger partial charge is 0.375 e. The number of benzene rings is 1. The quantitative estimate of drug-likeness (QED) is 0.715. The van der Waals surface area contributed by atoms with Gasteiger partial charge in [-0.2, -0.15) is 0 Å². The summed E-state index contributed by atoms with van der Waals surface area (Å²) in [5.74, 6) is 0.711. The molecule has 0 spiro atoms. The van der Waals surface area contributed by atoms with Gasteiger partial charge in [-0.05, 0) is 37.8 Å². The number of hydrogen-bond acceptors (Lipinski definition) is 2. The predicted molar refractivity (Wildman–Crippen MR) is 73.3 cm³/mol. The number of carbonyl (C=O) groups is 1. The molecule has 0 aliphatic carbocycles. The van der Waals surface area contributed by atoms with Crippen LogP contribution in [0.3, 0.4) is 0 Å². The SMILES string of the molecule is C[C@@]12C[C@@H]3CCC(=O)N3c3ccccc3[C@@H]1CCO2. The first-order valence-electron chi connectivity index (χ1n) is 7.24. The fourth-order valence-corrected chi connectivity index (χ4v) is 4.24. The molecule has 0 aromatic heterocycles. The Morgan fingerprint density at radius 3 is 3.05 bits per heavy atom. The average Bonchev–Trinajstić information content (AvgIpc) is 2.91. The van der Waals surface area contributed by atoms with Gasteiger partial charge < -0.3 is 9.64 Å². The Labute approximate surface area is 113 Å². The van der Waals surface area contributed by atoms with Gasteiger partial charge in [-0.3, -0.25) is 4.79 Å². The van der Waals surface area contributed by atoms with E-state index in [4.69, 9.17) is 4.74 Å². The van der Waals surface area contributed by atoms with Crippen molar-refractivity contribution in [1.29, 1.82) is 0 Å². The number of hydrogen-bond donors (Lipinski definition) is 0.